The van der Waals surface area contributed by atoms with E-state index < -0.39 is 0 Å². The molecule has 0 unspecified atom stereocenters. The van der Waals surface area contributed by atoms with Gasteiger partial charge in [0.15, 0.2) is 0 Å². The molecule has 1 rings (SSSR count). The first-order chi connectivity index (χ1) is 3.72. The van der Waals surface area contributed by atoms with E-state index in [0.717, 1.165) is 10.2 Å². The van der Waals surface area contributed by atoms with Crippen molar-refractivity contribution in [2.24, 2.45) is 16.7 Å². The smallest absolute Gasteiger partial charge is 0.317 e. The molecule has 1 aliphatic heterocycles. The molecule has 1 aliphatic rings. The Kier molecular flexibility index (Phi) is 1.05. The number of aliphatic imine (C=N–C) groups is 1. The molecule has 0 saturated heterocycles. The molecule has 0 radical (unpaired) electrons. The largest absolute Gasteiger partial charge is 0.479 e. The lowest BCUT2D eigenvalue weighted by Gasteiger charge is -2.15. The summed E-state index contributed by atoms with van der Waals surface area (Å²) >= 11 is 0. The van der Waals surface area contributed by atoms with Crippen LogP contribution in [0.15, 0.2) is 4.99 Å². The Morgan fingerprint density at radius 1 is 1.62 bits per heavy atom. The predicted octanol–water partition coefficient (Wildman–Crippen LogP) is -1.86. The van der Waals surface area contributed by atoms with Crippen LogP contribution in [0.5, 0.6) is 0 Å². The number of hydrogen-bond acceptors (Lipinski definition) is 5. The van der Waals surface area contributed by atoms with Gasteiger partial charge in [0, 0.05) is 0 Å². The Hall–Kier alpha value is -0.850. The summed E-state index contributed by atoms with van der Waals surface area (Å²) in [7, 11) is 0. The number of hydrogen-bond donors (Lipinski definition) is 3. The highest BCUT2D eigenvalue weighted by Gasteiger charge is 2.17. The molecule has 0 aromatic heterocycles. The summed E-state index contributed by atoms with van der Waals surface area (Å²) in [6.45, 7) is 0.211. The number of rotatable bonds is 0. The van der Waals surface area contributed by atoms with Crippen molar-refractivity contribution in [2.45, 2.75) is 0 Å². The van der Waals surface area contributed by atoms with Crippen LogP contribution in [0.1, 0.15) is 0 Å². The Morgan fingerprint density at radius 2 is 2.25 bits per heavy atom. The van der Waals surface area contributed by atoms with Crippen molar-refractivity contribution in [2.75, 3.05) is 6.67 Å². The quantitative estimate of drug-likeness (QED) is 0.323. The highest BCUT2D eigenvalue weighted by Crippen LogP contribution is 1.93. The van der Waals surface area contributed by atoms with Crippen molar-refractivity contribution in [3.8, 4) is 0 Å². The van der Waals surface area contributed by atoms with Crippen molar-refractivity contribution < 1.29 is 5.11 Å². The lowest BCUT2D eigenvalue weighted by molar-refractivity contribution is 0.0540. The average Bonchev–Trinajstić information content (AvgIpc) is 1.98. The Balaban J connectivity index is 2.59. The highest BCUT2D eigenvalue weighted by atomic mass is 16.3. The van der Waals surface area contributed by atoms with Crippen LogP contribution in [0, 0.1) is 0 Å². The Labute approximate surface area is 45.9 Å². The molecular formula is C2H7N5O. The van der Waals surface area contributed by atoms with Gasteiger partial charge in [0.05, 0.1) is 0 Å². The first kappa shape index (κ1) is 5.29. The summed E-state index contributed by atoms with van der Waals surface area (Å²) in [6, 6.07) is -0.257. The maximum Gasteiger partial charge on any atom is 0.317 e. The normalized spacial score (nSPS) is 21.8. The summed E-state index contributed by atoms with van der Waals surface area (Å²) in [5.74, 6) is 10.2. The summed E-state index contributed by atoms with van der Waals surface area (Å²) in [5.41, 5.74) is 0. The van der Waals surface area contributed by atoms with Gasteiger partial charge in [-0.05, 0) is 0 Å². The van der Waals surface area contributed by atoms with E-state index in [4.69, 9.17) is 16.8 Å². The monoisotopic (exact) mass is 117 g/mol. The van der Waals surface area contributed by atoms with Crippen LogP contribution < -0.4 is 11.7 Å². The SMILES string of the molecule is NN1CN=C(O)N1N. The molecule has 0 aromatic carbocycles. The maximum atomic E-state index is 8.60. The van der Waals surface area contributed by atoms with E-state index in [1.807, 2.05) is 0 Å². The van der Waals surface area contributed by atoms with E-state index >= 15 is 0 Å². The minimum Gasteiger partial charge on any atom is -0.479 e. The van der Waals surface area contributed by atoms with Gasteiger partial charge in [-0.3, -0.25) is 0 Å². The molecule has 0 atom stereocenters. The molecule has 5 N–H and O–H groups in total. The van der Waals surface area contributed by atoms with Gasteiger partial charge in [0.1, 0.15) is 6.67 Å². The van der Waals surface area contributed by atoms with Crippen LogP contribution in [-0.4, -0.2) is 28.0 Å². The van der Waals surface area contributed by atoms with E-state index in [1.54, 1.807) is 0 Å². The van der Waals surface area contributed by atoms with E-state index in [1.165, 1.54) is 0 Å². The molecule has 0 amide bonds. The van der Waals surface area contributed by atoms with E-state index in [2.05, 4.69) is 4.99 Å². The first-order valence-electron chi connectivity index (χ1n) is 2.02. The van der Waals surface area contributed by atoms with Gasteiger partial charge in [-0.1, -0.05) is 0 Å². The van der Waals surface area contributed by atoms with Gasteiger partial charge in [-0.2, -0.15) is 5.12 Å². The van der Waals surface area contributed by atoms with Crippen LogP contribution in [0.4, 0.5) is 0 Å². The zero-order valence-electron chi connectivity index (χ0n) is 4.15. The number of nitrogens with zero attached hydrogens (tertiary/aromatic N) is 3. The molecule has 0 saturated carbocycles. The minimum absolute atomic E-state index is 0.211. The summed E-state index contributed by atoms with van der Waals surface area (Å²) in [4.78, 5) is 3.47. The number of nitrogens with two attached hydrogens (primary N) is 2. The van der Waals surface area contributed by atoms with Gasteiger partial charge in [0.25, 0.3) is 0 Å². The highest BCUT2D eigenvalue weighted by molar-refractivity contribution is 5.71. The predicted molar refractivity (Wildman–Crippen MR) is 27.0 cm³/mol. The second-order valence-electron chi connectivity index (χ2n) is 1.38. The first-order valence-corrected chi connectivity index (χ1v) is 2.02. The fourth-order valence-corrected chi connectivity index (χ4v) is 0.391. The van der Waals surface area contributed by atoms with E-state index in [0.29, 0.717) is 0 Å². The van der Waals surface area contributed by atoms with Crippen LogP contribution in [-0.2, 0) is 0 Å². The lowest BCUT2D eigenvalue weighted by Crippen LogP contribution is -2.50. The van der Waals surface area contributed by atoms with Gasteiger partial charge in [-0.25, -0.2) is 16.7 Å². The number of aliphatic hydroxyl groups excluding tert-OH is 1. The van der Waals surface area contributed by atoms with Crippen molar-refractivity contribution in [3.05, 3.63) is 0 Å². The van der Waals surface area contributed by atoms with Crippen molar-refractivity contribution in [1.29, 1.82) is 0 Å². The molecule has 6 nitrogen and oxygen atoms in total. The number of hydrazine groups is 3. The van der Waals surface area contributed by atoms with Gasteiger partial charge < -0.3 is 5.11 Å². The average molecular weight is 117 g/mol. The second kappa shape index (κ2) is 1.58. The number of amidine groups is 1. The van der Waals surface area contributed by atoms with Gasteiger partial charge >= 0.3 is 6.02 Å². The molecule has 0 spiro atoms. The third-order valence-electron chi connectivity index (χ3n) is 0.839. The Morgan fingerprint density at radius 3 is 2.38 bits per heavy atom. The van der Waals surface area contributed by atoms with Crippen molar-refractivity contribution in [3.63, 3.8) is 0 Å². The third-order valence-corrected chi connectivity index (χ3v) is 0.839. The summed E-state index contributed by atoms with van der Waals surface area (Å²) in [6.07, 6.45) is 0. The molecule has 0 bridgehead atoms. The standard InChI is InChI=1S/C2H7N5O/c3-6-1-5-2(8)7(6)4/h1,3-4H2,(H,5,8). The molecule has 46 valence electrons. The van der Waals surface area contributed by atoms with Crippen LogP contribution in [0.25, 0.3) is 0 Å². The molecule has 1 heterocycles. The zero-order valence-corrected chi connectivity index (χ0v) is 4.15. The van der Waals surface area contributed by atoms with Crippen molar-refractivity contribution in [1.82, 2.24) is 10.2 Å². The topological polar surface area (TPSA) is 91.1 Å². The maximum absolute atomic E-state index is 8.60. The minimum atomic E-state index is -0.257. The van der Waals surface area contributed by atoms with Crippen molar-refractivity contribution >= 4 is 6.02 Å². The fraction of sp³-hybridized carbons (Fsp3) is 0.500. The third kappa shape index (κ3) is 0.601. The summed E-state index contributed by atoms with van der Waals surface area (Å²) in [5, 5.41) is 10.5. The fourth-order valence-electron chi connectivity index (χ4n) is 0.391. The van der Waals surface area contributed by atoms with Crippen LogP contribution in [0.2, 0.25) is 0 Å². The molecule has 0 aromatic rings. The molecule has 0 aliphatic carbocycles. The lowest BCUT2D eigenvalue weighted by atomic mass is 11.1. The molecular weight excluding hydrogens is 110 g/mol. The molecule has 6 heteroatoms. The zero-order chi connectivity index (χ0) is 6.15. The van der Waals surface area contributed by atoms with Gasteiger partial charge in [0.2, 0.25) is 0 Å². The Bertz CT molecular complexity index is 122. The van der Waals surface area contributed by atoms with E-state index in [9.17, 15) is 0 Å². The number of aliphatic hydroxyl groups is 1. The summed E-state index contributed by atoms with van der Waals surface area (Å²) < 4.78 is 0. The van der Waals surface area contributed by atoms with Crippen LogP contribution >= 0.6 is 0 Å². The van der Waals surface area contributed by atoms with Crippen LogP contribution in [0.3, 0.4) is 0 Å². The second-order valence-corrected chi connectivity index (χ2v) is 1.38. The van der Waals surface area contributed by atoms with E-state index in [-0.39, 0.29) is 12.7 Å². The molecule has 0 fully saturated rings. The van der Waals surface area contributed by atoms with Gasteiger partial charge in [-0.15, -0.1) is 5.12 Å². The molecule has 8 heavy (non-hydrogen) atoms.